The van der Waals surface area contributed by atoms with Crippen LogP contribution in [0.1, 0.15) is 6.42 Å². The zero-order chi connectivity index (χ0) is 21.7. The molecule has 4 heterocycles. The Labute approximate surface area is 184 Å². The molecule has 9 nitrogen and oxygen atoms in total. The van der Waals surface area contributed by atoms with Gasteiger partial charge in [-0.25, -0.2) is 9.97 Å². The summed E-state index contributed by atoms with van der Waals surface area (Å²) in [6.45, 7) is 6.84. The molecule has 0 bridgehead atoms. The van der Waals surface area contributed by atoms with Gasteiger partial charge in [-0.2, -0.15) is 4.98 Å². The van der Waals surface area contributed by atoms with E-state index in [1.54, 1.807) is 6.20 Å². The van der Waals surface area contributed by atoms with Gasteiger partial charge in [0.25, 0.3) is 0 Å². The van der Waals surface area contributed by atoms with Gasteiger partial charge in [-0.15, -0.1) is 0 Å². The first-order valence-electron chi connectivity index (χ1n) is 11.0. The maximum atomic E-state index is 11.1. The second-order valence-electron chi connectivity index (χ2n) is 8.56. The Morgan fingerprint density at radius 2 is 1.84 bits per heavy atom. The number of aromatic nitrogens is 3. The van der Waals surface area contributed by atoms with Crippen molar-refractivity contribution in [3.05, 3.63) is 36.7 Å². The maximum absolute atomic E-state index is 11.1. The lowest BCUT2D eigenvalue weighted by Gasteiger charge is -2.31. The molecule has 2 aliphatic rings. The monoisotopic (exact) mass is 427 g/mol. The van der Waals surface area contributed by atoms with Gasteiger partial charge in [0.2, 0.25) is 5.95 Å². The number of anilines is 3. The zero-order valence-corrected chi connectivity index (χ0v) is 18.5. The minimum absolute atomic E-state index is 0.606. The number of hydrogen-bond acceptors (Lipinski definition) is 9. The molecule has 1 atom stereocenters. The van der Waals surface area contributed by atoms with Crippen molar-refractivity contribution < 1.29 is 9.84 Å². The van der Waals surface area contributed by atoms with E-state index in [0.717, 1.165) is 69.9 Å². The Hall–Kier alpha value is -2.49. The lowest BCUT2D eigenvalue weighted by atomic mass is 10.0. The van der Waals surface area contributed by atoms with Crippen molar-refractivity contribution in [2.45, 2.75) is 12.0 Å². The van der Waals surface area contributed by atoms with Gasteiger partial charge in [0.05, 0.1) is 18.8 Å². The molecule has 168 valence electrons. The van der Waals surface area contributed by atoms with Crippen molar-refractivity contribution in [2.24, 2.45) is 0 Å². The van der Waals surface area contributed by atoms with Crippen LogP contribution in [0.15, 0.2) is 36.7 Å². The Bertz CT molecular complexity index is 834. The van der Waals surface area contributed by atoms with E-state index in [1.165, 1.54) is 0 Å². The summed E-state index contributed by atoms with van der Waals surface area (Å²) < 4.78 is 5.43. The molecule has 9 heteroatoms. The van der Waals surface area contributed by atoms with Gasteiger partial charge >= 0.3 is 0 Å². The number of rotatable bonds is 8. The molecule has 0 saturated carbocycles. The highest BCUT2D eigenvalue weighted by molar-refractivity contribution is 5.44. The highest BCUT2D eigenvalue weighted by atomic mass is 16.5. The number of ether oxygens (including phenoxy) is 1. The van der Waals surface area contributed by atoms with Crippen LogP contribution in [0.2, 0.25) is 0 Å². The van der Waals surface area contributed by atoms with Crippen LogP contribution in [0.4, 0.5) is 17.6 Å². The van der Waals surface area contributed by atoms with E-state index in [2.05, 4.69) is 36.6 Å². The third-order valence-corrected chi connectivity index (χ3v) is 5.99. The summed E-state index contributed by atoms with van der Waals surface area (Å²) in [6, 6.07) is 7.85. The van der Waals surface area contributed by atoms with Gasteiger partial charge < -0.3 is 29.4 Å². The van der Waals surface area contributed by atoms with Crippen molar-refractivity contribution in [1.29, 1.82) is 0 Å². The standard InChI is InChI=1S/C22H33N7O2/c1-26(17-22(30)7-10-29(18-22)19-5-3-4-8-23-19)11-12-27(2)21-24-9-6-20(25-21)28-13-15-31-16-14-28/h3-6,8-9,30H,7,10-18H2,1-2H3. The van der Waals surface area contributed by atoms with Crippen LogP contribution in [0.5, 0.6) is 0 Å². The van der Waals surface area contributed by atoms with Crippen LogP contribution in [0.25, 0.3) is 0 Å². The van der Waals surface area contributed by atoms with Crippen LogP contribution >= 0.6 is 0 Å². The summed E-state index contributed by atoms with van der Waals surface area (Å²) >= 11 is 0. The Kier molecular flexibility index (Phi) is 6.84. The number of likely N-dealkylation sites (N-methyl/N-ethyl adjacent to an activating group) is 2. The molecule has 1 unspecified atom stereocenters. The Morgan fingerprint density at radius 1 is 1.00 bits per heavy atom. The number of morpholine rings is 1. The first-order chi connectivity index (χ1) is 15.0. The van der Waals surface area contributed by atoms with Gasteiger partial charge in [-0.05, 0) is 31.7 Å². The van der Waals surface area contributed by atoms with E-state index in [-0.39, 0.29) is 0 Å². The molecule has 0 spiro atoms. The van der Waals surface area contributed by atoms with Gasteiger partial charge in [0.15, 0.2) is 0 Å². The third kappa shape index (κ3) is 5.61. The summed E-state index contributed by atoms with van der Waals surface area (Å²) in [5, 5.41) is 11.1. The highest BCUT2D eigenvalue weighted by Gasteiger charge is 2.37. The molecule has 2 aliphatic heterocycles. The van der Waals surface area contributed by atoms with Gasteiger partial charge in [-0.3, -0.25) is 0 Å². The third-order valence-electron chi connectivity index (χ3n) is 5.99. The SMILES string of the molecule is CN(CCN(C)c1nccc(N2CCOCC2)n1)CC1(O)CCN(c2ccccn2)C1. The van der Waals surface area contributed by atoms with Gasteiger partial charge in [-0.1, -0.05) is 6.07 Å². The lowest BCUT2D eigenvalue weighted by molar-refractivity contribution is 0.0307. The normalized spacial score (nSPS) is 21.7. The second-order valence-corrected chi connectivity index (χ2v) is 8.56. The number of nitrogens with zero attached hydrogens (tertiary/aromatic N) is 7. The lowest BCUT2D eigenvalue weighted by Crippen LogP contribution is -2.45. The predicted octanol–water partition coefficient (Wildman–Crippen LogP) is 0.718. The molecule has 2 saturated heterocycles. The molecule has 1 N–H and O–H groups in total. The topological polar surface area (TPSA) is 81.1 Å². The molecular weight excluding hydrogens is 394 g/mol. The number of hydrogen-bond donors (Lipinski definition) is 1. The van der Waals surface area contributed by atoms with E-state index >= 15 is 0 Å². The molecule has 0 radical (unpaired) electrons. The quantitative estimate of drug-likeness (QED) is 0.655. The second kappa shape index (κ2) is 9.76. The first kappa shape index (κ1) is 21.7. The molecule has 0 aliphatic carbocycles. The van der Waals surface area contributed by atoms with Crippen LogP contribution in [0.3, 0.4) is 0 Å². The van der Waals surface area contributed by atoms with Crippen LogP contribution < -0.4 is 14.7 Å². The maximum Gasteiger partial charge on any atom is 0.227 e. The number of aliphatic hydroxyl groups is 1. The molecule has 4 rings (SSSR count). The van der Waals surface area contributed by atoms with Crippen molar-refractivity contribution in [3.8, 4) is 0 Å². The minimum atomic E-state index is -0.725. The highest BCUT2D eigenvalue weighted by Crippen LogP contribution is 2.26. The fourth-order valence-corrected chi connectivity index (χ4v) is 4.22. The number of pyridine rings is 1. The molecule has 2 aromatic rings. The number of β-amino-alcohol motifs (C(OH)–C–C–N with tert-alkyl or cyclic N) is 1. The smallest absolute Gasteiger partial charge is 0.227 e. The Balaban J connectivity index is 1.27. The van der Waals surface area contributed by atoms with Gasteiger partial charge in [0.1, 0.15) is 11.6 Å². The van der Waals surface area contributed by atoms with Crippen molar-refractivity contribution >= 4 is 17.6 Å². The van der Waals surface area contributed by atoms with E-state index < -0.39 is 5.60 Å². The molecule has 0 aromatic carbocycles. The predicted molar refractivity (Wildman–Crippen MR) is 122 cm³/mol. The van der Waals surface area contributed by atoms with Gasteiger partial charge in [0, 0.05) is 65.3 Å². The van der Waals surface area contributed by atoms with Crippen molar-refractivity contribution in [2.75, 3.05) is 87.8 Å². The van der Waals surface area contributed by atoms with Crippen molar-refractivity contribution in [3.63, 3.8) is 0 Å². The largest absolute Gasteiger partial charge is 0.387 e. The van der Waals surface area contributed by atoms with E-state index in [0.29, 0.717) is 13.1 Å². The average molecular weight is 428 g/mol. The first-order valence-corrected chi connectivity index (χ1v) is 11.0. The fraction of sp³-hybridized carbons (Fsp3) is 0.591. The molecule has 2 fully saturated rings. The average Bonchev–Trinajstić information content (AvgIpc) is 3.20. The fourth-order valence-electron chi connectivity index (χ4n) is 4.22. The molecule has 0 amide bonds. The molecular formula is C22H33N7O2. The Morgan fingerprint density at radius 3 is 2.61 bits per heavy atom. The molecule has 2 aromatic heterocycles. The summed E-state index contributed by atoms with van der Waals surface area (Å²) in [7, 11) is 4.07. The summed E-state index contributed by atoms with van der Waals surface area (Å²) in [6.07, 6.45) is 4.36. The van der Waals surface area contributed by atoms with Crippen LogP contribution in [-0.4, -0.2) is 104 Å². The van der Waals surface area contributed by atoms with Crippen molar-refractivity contribution in [1.82, 2.24) is 19.9 Å². The summed E-state index contributed by atoms with van der Waals surface area (Å²) in [5.41, 5.74) is -0.725. The van der Waals surface area contributed by atoms with Crippen LogP contribution in [-0.2, 0) is 4.74 Å². The van der Waals surface area contributed by atoms with E-state index in [1.807, 2.05) is 37.5 Å². The summed E-state index contributed by atoms with van der Waals surface area (Å²) in [4.78, 5) is 22.2. The van der Waals surface area contributed by atoms with E-state index in [4.69, 9.17) is 9.72 Å². The van der Waals surface area contributed by atoms with Crippen LogP contribution in [0, 0.1) is 0 Å². The summed E-state index contributed by atoms with van der Waals surface area (Å²) in [5.74, 6) is 2.60. The zero-order valence-electron chi connectivity index (χ0n) is 18.5. The minimum Gasteiger partial charge on any atom is -0.387 e. The molecule has 31 heavy (non-hydrogen) atoms. The van der Waals surface area contributed by atoms with E-state index in [9.17, 15) is 5.11 Å².